The van der Waals surface area contributed by atoms with Gasteiger partial charge in [0.2, 0.25) is 0 Å². The first-order valence-electron chi connectivity index (χ1n) is 11.4. The molecule has 3 saturated carbocycles. The number of ether oxygens (including phenoxy) is 2. The largest absolute Gasteiger partial charge is 0.490 e. The van der Waals surface area contributed by atoms with Gasteiger partial charge >= 0.3 is 5.97 Å². The number of allylic oxidation sites excluding steroid dienone is 2. The molecule has 3 fully saturated rings. The number of benzene rings is 2. The number of fused-ring (bicyclic) bond motifs is 9. The Labute approximate surface area is 178 Å². The summed E-state index contributed by atoms with van der Waals surface area (Å²) in [6.07, 6.45) is 8.49. The van der Waals surface area contributed by atoms with E-state index >= 15 is 0 Å². The topological polar surface area (TPSA) is 35.5 Å². The Bertz CT molecular complexity index is 948. The van der Waals surface area contributed by atoms with Crippen molar-refractivity contribution in [3.8, 4) is 16.9 Å². The second-order valence-electron chi connectivity index (χ2n) is 9.51. The Kier molecular flexibility index (Phi) is 4.44. The molecule has 7 atom stereocenters. The molecule has 3 nitrogen and oxygen atoms in total. The molecule has 0 N–H and O–H groups in total. The summed E-state index contributed by atoms with van der Waals surface area (Å²) < 4.78 is 11.4. The third-order valence-electron chi connectivity index (χ3n) is 8.13. The van der Waals surface area contributed by atoms with Crippen LogP contribution in [0.5, 0.6) is 5.75 Å². The van der Waals surface area contributed by atoms with Crippen molar-refractivity contribution < 1.29 is 14.3 Å². The van der Waals surface area contributed by atoms with Crippen molar-refractivity contribution in [1.82, 2.24) is 0 Å². The van der Waals surface area contributed by atoms with Crippen LogP contribution in [0.1, 0.15) is 19.3 Å². The van der Waals surface area contributed by atoms with Gasteiger partial charge in [-0.2, -0.15) is 0 Å². The highest BCUT2D eigenvalue weighted by Crippen LogP contribution is 2.67. The molecule has 2 aromatic carbocycles. The van der Waals surface area contributed by atoms with Crippen molar-refractivity contribution in [2.45, 2.75) is 19.3 Å². The van der Waals surface area contributed by atoms with E-state index in [2.05, 4.69) is 36.4 Å². The second kappa shape index (κ2) is 7.30. The second-order valence-corrected chi connectivity index (χ2v) is 9.51. The summed E-state index contributed by atoms with van der Waals surface area (Å²) in [6.45, 7) is 0.726. The highest BCUT2D eigenvalue weighted by molar-refractivity contribution is 5.73. The highest BCUT2D eigenvalue weighted by atomic mass is 16.6. The zero-order chi connectivity index (χ0) is 20.1. The van der Waals surface area contributed by atoms with Crippen molar-refractivity contribution in [2.75, 3.05) is 13.2 Å². The molecule has 2 aromatic rings. The Morgan fingerprint density at radius 2 is 1.53 bits per heavy atom. The third kappa shape index (κ3) is 2.98. The predicted octanol–water partition coefficient (Wildman–Crippen LogP) is 5.37. The number of hydrogen-bond donors (Lipinski definition) is 0. The third-order valence-corrected chi connectivity index (χ3v) is 8.13. The summed E-state index contributed by atoms with van der Waals surface area (Å²) in [6, 6.07) is 18.4. The maximum absolute atomic E-state index is 12.7. The van der Waals surface area contributed by atoms with Gasteiger partial charge < -0.3 is 9.47 Å². The maximum atomic E-state index is 12.7. The van der Waals surface area contributed by atoms with Crippen LogP contribution in [-0.2, 0) is 9.53 Å². The van der Waals surface area contributed by atoms with Gasteiger partial charge in [0.25, 0.3) is 0 Å². The van der Waals surface area contributed by atoms with Crippen LogP contribution in [0.25, 0.3) is 11.1 Å². The lowest BCUT2D eigenvalue weighted by molar-refractivity contribution is -0.152. The number of esters is 1. The molecule has 0 aliphatic heterocycles. The molecule has 4 aliphatic rings. The van der Waals surface area contributed by atoms with Gasteiger partial charge in [0.15, 0.2) is 0 Å². The molecule has 3 heteroatoms. The summed E-state index contributed by atoms with van der Waals surface area (Å²) in [4.78, 5) is 12.7. The van der Waals surface area contributed by atoms with Crippen LogP contribution in [-0.4, -0.2) is 19.2 Å². The highest BCUT2D eigenvalue weighted by Gasteiger charge is 2.62. The van der Waals surface area contributed by atoms with Gasteiger partial charge in [0, 0.05) is 0 Å². The van der Waals surface area contributed by atoms with Gasteiger partial charge in [-0.1, -0.05) is 54.6 Å². The van der Waals surface area contributed by atoms with Crippen LogP contribution >= 0.6 is 0 Å². The molecule has 4 bridgehead atoms. The lowest BCUT2D eigenvalue weighted by atomic mass is 9.69. The monoisotopic (exact) mass is 400 g/mol. The van der Waals surface area contributed by atoms with Gasteiger partial charge in [0.1, 0.15) is 19.0 Å². The van der Waals surface area contributed by atoms with Crippen LogP contribution in [0.15, 0.2) is 66.7 Å². The van der Waals surface area contributed by atoms with Gasteiger partial charge in [0.05, 0.1) is 5.92 Å². The van der Waals surface area contributed by atoms with Crippen LogP contribution in [0.4, 0.5) is 0 Å². The van der Waals surface area contributed by atoms with Gasteiger partial charge in [-0.3, -0.25) is 4.79 Å². The summed E-state index contributed by atoms with van der Waals surface area (Å²) in [5.74, 6) is 5.37. The van der Waals surface area contributed by atoms with Gasteiger partial charge in [-0.25, -0.2) is 0 Å². The van der Waals surface area contributed by atoms with E-state index in [1.165, 1.54) is 24.0 Å². The minimum Gasteiger partial charge on any atom is -0.490 e. The molecule has 7 unspecified atom stereocenters. The van der Waals surface area contributed by atoms with Gasteiger partial charge in [-0.15, -0.1) is 0 Å². The van der Waals surface area contributed by atoms with Gasteiger partial charge in [-0.05, 0) is 78.0 Å². The quantitative estimate of drug-likeness (QED) is 0.283. The molecule has 154 valence electrons. The molecule has 0 heterocycles. The summed E-state index contributed by atoms with van der Waals surface area (Å²) in [7, 11) is 0. The predicted molar refractivity (Wildman–Crippen MR) is 116 cm³/mol. The summed E-state index contributed by atoms with van der Waals surface area (Å²) >= 11 is 0. The molecule has 0 aromatic heterocycles. The molecule has 4 aliphatic carbocycles. The van der Waals surface area contributed by atoms with Crippen molar-refractivity contribution >= 4 is 5.97 Å². The molecular formula is C27H28O3. The zero-order valence-corrected chi connectivity index (χ0v) is 17.2. The van der Waals surface area contributed by atoms with Crippen molar-refractivity contribution in [3.05, 3.63) is 66.7 Å². The summed E-state index contributed by atoms with van der Waals surface area (Å²) in [5, 5.41) is 0. The number of rotatable bonds is 6. The molecule has 30 heavy (non-hydrogen) atoms. The fraction of sp³-hybridized carbons (Fsp3) is 0.444. The normalized spacial score (nSPS) is 34.9. The number of carbonyl (C=O) groups excluding carboxylic acids is 1. The van der Waals surface area contributed by atoms with Crippen LogP contribution in [0, 0.1) is 41.4 Å². The Morgan fingerprint density at radius 3 is 2.33 bits per heavy atom. The standard InChI is InChI=1S/C27H28O3/c28-27(24-16-21-15-23(24)26-20-7-6-19(14-20)25(21)26)30-13-12-29-22-10-8-18(9-11-22)17-4-2-1-3-5-17/h1-11,19-21,23-26H,12-16H2. The molecule has 0 saturated heterocycles. The Balaban J connectivity index is 0.990. The van der Waals surface area contributed by atoms with E-state index in [0.717, 1.165) is 41.8 Å². The number of carbonyl (C=O) groups is 1. The molecule has 0 spiro atoms. The molecule has 6 rings (SSSR count). The smallest absolute Gasteiger partial charge is 0.309 e. The Hall–Kier alpha value is -2.55. The van der Waals surface area contributed by atoms with Crippen LogP contribution in [0.2, 0.25) is 0 Å². The maximum Gasteiger partial charge on any atom is 0.309 e. The van der Waals surface area contributed by atoms with Crippen LogP contribution < -0.4 is 4.74 Å². The van der Waals surface area contributed by atoms with E-state index in [-0.39, 0.29) is 11.9 Å². The van der Waals surface area contributed by atoms with E-state index in [1.807, 2.05) is 30.3 Å². The first kappa shape index (κ1) is 18.2. The minimum absolute atomic E-state index is 0.00993. The van der Waals surface area contributed by atoms with Crippen LogP contribution in [0.3, 0.4) is 0 Å². The first-order valence-corrected chi connectivity index (χ1v) is 11.4. The summed E-state index contributed by atoms with van der Waals surface area (Å²) in [5.41, 5.74) is 2.36. The van der Waals surface area contributed by atoms with Crippen molar-refractivity contribution in [2.24, 2.45) is 41.4 Å². The molecular weight excluding hydrogens is 372 g/mol. The Morgan fingerprint density at radius 1 is 0.800 bits per heavy atom. The fourth-order valence-electron chi connectivity index (χ4n) is 7.07. The molecule has 0 amide bonds. The average molecular weight is 401 g/mol. The minimum atomic E-state index is 0.00993. The molecule has 0 radical (unpaired) electrons. The average Bonchev–Trinajstić information content (AvgIpc) is 3.57. The SMILES string of the molecule is O=C(OCCOc1ccc(-c2ccccc2)cc1)C1CC2CC1C1C3C=CC(C3)C21. The van der Waals surface area contributed by atoms with E-state index in [0.29, 0.717) is 19.1 Å². The van der Waals surface area contributed by atoms with E-state index in [4.69, 9.17) is 9.47 Å². The lowest BCUT2D eigenvalue weighted by Crippen LogP contribution is -2.35. The zero-order valence-electron chi connectivity index (χ0n) is 17.2. The number of hydrogen-bond acceptors (Lipinski definition) is 3. The lowest BCUT2D eigenvalue weighted by Gasteiger charge is -2.35. The van der Waals surface area contributed by atoms with E-state index in [1.54, 1.807) is 0 Å². The first-order chi connectivity index (χ1) is 14.8. The fourth-order valence-corrected chi connectivity index (χ4v) is 7.07. The van der Waals surface area contributed by atoms with Crippen molar-refractivity contribution in [1.29, 1.82) is 0 Å². The van der Waals surface area contributed by atoms with Crippen molar-refractivity contribution in [3.63, 3.8) is 0 Å². The van der Waals surface area contributed by atoms with E-state index in [9.17, 15) is 4.79 Å². The van der Waals surface area contributed by atoms with E-state index < -0.39 is 0 Å².